The van der Waals surface area contributed by atoms with E-state index < -0.39 is 29.5 Å². The maximum atomic E-state index is 13.7. The Bertz CT molecular complexity index is 616. The third kappa shape index (κ3) is 3.19. The Balaban J connectivity index is 2.13. The molecule has 5 nitrogen and oxygen atoms in total. The van der Waals surface area contributed by atoms with Gasteiger partial charge in [-0.2, -0.15) is 5.26 Å². The van der Waals surface area contributed by atoms with Crippen molar-refractivity contribution in [3.05, 3.63) is 29.6 Å². The minimum absolute atomic E-state index is 0.0522. The third-order valence-electron chi connectivity index (χ3n) is 3.76. The summed E-state index contributed by atoms with van der Waals surface area (Å²) in [5.74, 6) is -2.24. The zero-order chi connectivity index (χ0) is 15.5. The summed E-state index contributed by atoms with van der Waals surface area (Å²) in [6.45, 7) is 0. The second-order valence-electron chi connectivity index (χ2n) is 5.23. The number of hydrogen-bond donors (Lipinski definition) is 2. The number of rotatable bonds is 4. The van der Waals surface area contributed by atoms with E-state index in [1.807, 2.05) is 0 Å². The smallest absolute Gasteiger partial charge is 0.307 e. The second-order valence-corrected chi connectivity index (χ2v) is 5.23. The molecule has 0 saturated heterocycles. The lowest BCUT2D eigenvalue weighted by Crippen LogP contribution is -2.32. The Hall–Kier alpha value is -2.42. The number of halogens is 1. The number of hydrogen-bond acceptors (Lipinski definition) is 3. The molecule has 0 aromatic heterocycles. The molecule has 1 saturated carbocycles. The maximum Gasteiger partial charge on any atom is 0.307 e. The number of nitrogens with zero attached hydrogens (tertiary/aromatic N) is 1. The fourth-order valence-corrected chi connectivity index (χ4v) is 2.55. The molecule has 2 N–H and O–H groups in total. The number of aliphatic carboxylic acids is 1. The quantitative estimate of drug-likeness (QED) is 0.891. The van der Waals surface area contributed by atoms with Crippen molar-refractivity contribution in [1.82, 2.24) is 0 Å². The molecule has 0 atom stereocenters. The average molecular weight is 290 g/mol. The summed E-state index contributed by atoms with van der Waals surface area (Å²) < 4.78 is 13.7. The monoisotopic (exact) mass is 290 g/mol. The minimum atomic E-state index is -1.12. The van der Waals surface area contributed by atoms with Crippen molar-refractivity contribution in [2.75, 3.05) is 5.32 Å². The number of nitrogens with one attached hydrogen (secondary N) is 1. The molecule has 0 heterocycles. The largest absolute Gasteiger partial charge is 0.481 e. The summed E-state index contributed by atoms with van der Waals surface area (Å²) in [6.07, 6.45) is 2.26. The van der Waals surface area contributed by atoms with E-state index in [0.717, 1.165) is 18.9 Å². The molecule has 0 aliphatic heterocycles. The van der Waals surface area contributed by atoms with Crippen molar-refractivity contribution in [3.8, 4) is 6.07 Å². The molecule has 1 fully saturated rings. The molecule has 1 amide bonds. The summed E-state index contributed by atoms with van der Waals surface area (Å²) in [5, 5.41) is 20.4. The van der Waals surface area contributed by atoms with Gasteiger partial charge in [-0.3, -0.25) is 9.59 Å². The van der Waals surface area contributed by atoms with E-state index in [1.54, 1.807) is 0 Å². The lowest BCUT2D eigenvalue weighted by Gasteiger charge is -2.19. The Morgan fingerprint density at radius 2 is 2.05 bits per heavy atom. The van der Waals surface area contributed by atoms with Crippen LogP contribution in [0.15, 0.2) is 18.2 Å². The van der Waals surface area contributed by atoms with Crippen molar-refractivity contribution in [2.45, 2.75) is 32.1 Å². The number of carbonyl (C=O) groups is 2. The SMILES string of the molecule is N#CC1(C(=O)Nc2ccc(CC(=O)O)c(F)c2)CCCC1. The van der Waals surface area contributed by atoms with Crippen LogP contribution in [0.5, 0.6) is 0 Å². The fourth-order valence-electron chi connectivity index (χ4n) is 2.55. The van der Waals surface area contributed by atoms with Crippen LogP contribution in [-0.4, -0.2) is 17.0 Å². The van der Waals surface area contributed by atoms with E-state index in [9.17, 15) is 19.2 Å². The van der Waals surface area contributed by atoms with Crippen LogP contribution >= 0.6 is 0 Å². The van der Waals surface area contributed by atoms with Crippen LogP contribution < -0.4 is 5.32 Å². The van der Waals surface area contributed by atoms with Crippen LogP contribution in [0.4, 0.5) is 10.1 Å². The van der Waals surface area contributed by atoms with E-state index in [0.29, 0.717) is 12.8 Å². The van der Waals surface area contributed by atoms with Gasteiger partial charge < -0.3 is 10.4 Å². The van der Waals surface area contributed by atoms with Gasteiger partial charge in [-0.15, -0.1) is 0 Å². The van der Waals surface area contributed by atoms with Gasteiger partial charge in [0.15, 0.2) is 0 Å². The minimum Gasteiger partial charge on any atom is -0.481 e. The van der Waals surface area contributed by atoms with Gasteiger partial charge in [0.2, 0.25) is 5.91 Å². The van der Waals surface area contributed by atoms with E-state index in [-0.39, 0.29) is 11.3 Å². The van der Waals surface area contributed by atoms with Crippen LogP contribution in [0.2, 0.25) is 0 Å². The second kappa shape index (κ2) is 5.92. The molecule has 1 aromatic rings. The fraction of sp³-hybridized carbons (Fsp3) is 0.400. The maximum absolute atomic E-state index is 13.7. The molecule has 0 spiro atoms. The summed E-state index contributed by atoms with van der Waals surface area (Å²) in [7, 11) is 0. The number of amides is 1. The normalized spacial score (nSPS) is 16.2. The number of nitriles is 1. The molecule has 0 unspecified atom stereocenters. The zero-order valence-electron chi connectivity index (χ0n) is 11.4. The molecule has 1 aliphatic carbocycles. The van der Waals surface area contributed by atoms with Crippen LogP contribution in [0.1, 0.15) is 31.2 Å². The first kappa shape index (κ1) is 15.0. The Labute approximate surface area is 121 Å². The number of carbonyl (C=O) groups excluding carboxylic acids is 1. The highest BCUT2D eigenvalue weighted by atomic mass is 19.1. The average Bonchev–Trinajstić information content (AvgIpc) is 2.91. The topological polar surface area (TPSA) is 90.2 Å². The summed E-state index contributed by atoms with van der Waals surface area (Å²) >= 11 is 0. The first-order chi connectivity index (χ1) is 9.97. The lowest BCUT2D eigenvalue weighted by molar-refractivity contribution is -0.136. The number of anilines is 1. The van der Waals surface area contributed by atoms with Gasteiger partial charge in [0.1, 0.15) is 11.2 Å². The van der Waals surface area contributed by atoms with E-state index in [1.165, 1.54) is 12.1 Å². The summed E-state index contributed by atoms with van der Waals surface area (Å²) in [5.41, 5.74) is -0.750. The molecule has 2 rings (SSSR count). The molecule has 6 heteroatoms. The first-order valence-corrected chi connectivity index (χ1v) is 6.70. The molecule has 0 bridgehead atoms. The Morgan fingerprint density at radius 3 is 2.57 bits per heavy atom. The van der Waals surface area contributed by atoms with Crippen molar-refractivity contribution >= 4 is 17.6 Å². The third-order valence-corrected chi connectivity index (χ3v) is 3.76. The van der Waals surface area contributed by atoms with Crippen LogP contribution in [-0.2, 0) is 16.0 Å². The van der Waals surface area contributed by atoms with Gasteiger partial charge in [-0.25, -0.2) is 4.39 Å². The zero-order valence-corrected chi connectivity index (χ0v) is 11.4. The first-order valence-electron chi connectivity index (χ1n) is 6.70. The molecule has 1 aromatic carbocycles. The highest BCUT2D eigenvalue weighted by Crippen LogP contribution is 2.38. The molecule has 110 valence electrons. The van der Waals surface area contributed by atoms with Crippen LogP contribution in [0.3, 0.4) is 0 Å². The van der Waals surface area contributed by atoms with E-state index >= 15 is 0 Å². The van der Waals surface area contributed by atoms with Crippen LogP contribution in [0, 0.1) is 22.6 Å². The highest BCUT2D eigenvalue weighted by molar-refractivity contribution is 5.97. The number of carboxylic acid groups (broad SMARTS) is 1. The number of benzene rings is 1. The predicted octanol–water partition coefficient (Wildman–Crippen LogP) is 2.48. The van der Waals surface area contributed by atoms with E-state index in [2.05, 4.69) is 11.4 Å². The molecule has 21 heavy (non-hydrogen) atoms. The lowest BCUT2D eigenvalue weighted by atomic mass is 9.87. The Morgan fingerprint density at radius 1 is 1.38 bits per heavy atom. The van der Waals surface area contributed by atoms with Gasteiger partial charge in [-0.1, -0.05) is 18.9 Å². The molecular formula is C15H15FN2O3. The Kier molecular flexibility index (Phi) is 4.22. The molecular weight excluding hydrogens is 275 g/mol. The molecule has 0 radical (unpaired) electrons. The van der Waals surface area contributed by atoms with Gasteiger partial charge in [0.05, 0.1) is 12.5 Å². The van der Waals surface area contributed by atoms with Gasteiger partial charge in [0, 0.05) is 5.69 Å². The van der Waals surface area contributed by atoms with Crippen LogP contribution in [0.25, 0.3) is 0 Å². The molecule has 1 aliphatic rings. The van der Waals surface area contributed by atoms with Gasteiger partial charge in [0.25, 0.3) is 0 Å². The number of carboxylic acids is 1. The summed E-state index contributed by atoms with van der Waals surface area (Å²) in [4.78, 5) is 22.8. The van der Waals surface area contributed by atoms with E-state index in [4.69, 9.17) is 5.11 Å². The van der Waals surface area contributed by atoms with Gasteiger partial charge in [-0.05, 0) is 30.5 Å². The van der Waals surface area contributed by atoms with Crippen molar-refractivity contribution in [2.24, 2.45) is 5.41 Å². The summed E-state index contributed by atoms with van der Waals surface area (Å²) in [6, 6.07) is 5.92. The van der Waals surface area contributed by atoms with Gasteiger partial charge >= 0.3 is 5.97 Å². The van der Waals surface area contributed by atoms with Crippen molar-refractivity contribution < 1.29 is 19.1 Å². The standard InChI is InChI=1S/C15H15FN2O3/c16-12-8-11(4-3-10(12)7-13(19)20)18-14(21)15(9-17)5-1-2-6-15/h3-4,8H,1-2,5-7H2,(H,18,21)(H,19,20). The van der Waals surface area contributed by atoms with Crippen molar-refractivity contribution in [3.63, 3.8) is 0 Å². The van der Waals surface area contributed by atoms with Crippen molar-refractivity contribution in [1.29, 1.82) is 5.26 Å². The predicted molar refractivity (Wildman–Crippen MR) is 72.9 cm³/mol. The highest BCUT2D eigenvalue weighted by Gasteiger charge is 2.41.